The molecule has 114 valence electrons. The minimum atomic E-state index is -3.98. The third-order valence-electron chi connectivity index (χ3n) is 2.97. The van der Waals surface area contributed by atoms with Crippen molar-refractivity contribution in [2.75, 3.05) is 0 Å². The van der Waals surface area contributed by atoms with Gasteiger partial charge in [0.2, 0.25) is 10.0 Å². The largest absolute Gasteiger partial charge is 0.480 e. The van der Waals surface area contributed by atoms with Crippen LogP contribution in [0.15, 0.2) is 27.9 Å². The predicted molar refractivity (Wildman–Crippen MR) is 75.6 cm³/mol. The molecule has 21 heavy (non-hydrogen) atoms. The first-order valence-electron chi connectivity index (χ1n) is 6.30. The monoisotopic (exact) mass is 313 g/mol. The second-order valence-corrected chi connectivity index (χ2v) is 6.30. The van der Waals surface area contributed by atoms with Crippen LogP contribution < -0.4 is 10.4 Å². The van der Waals surface area contributed by atoms with E-state index >= 15 is 0 Å². The second kappa shape index (κ2) is 5.70. The van der Waals surface area contributed by atoms with Crippen LogP contribution in [0.1, 0.15) is 19.8 Å². The lowest BCUT2D eigenvalue weighted by Gasteiger charge is -2.13. The van der Waals surface area contributed by atoms with E-state index in [9.17, 15) is 18.0 Å². The molecule has 9 heteroatoms. The Bertz CT molecular complexity index is 821. The molecule has 0 aliphatic heterocycles. The fourth-order valence-corrected chi connectivity index (χ4v) is 3.21. The van der Waals surface area contributed by atoms with E-state index in [0.29, 0.717) is 17.5 Å². The molecule has 2 aromatic rings. The number of nitrogens with one attached hydrogen (secondary N) is 3. The number of carbonyl (C=O) groups is 1. The first kappa shape index (κ1) is 15.3. The van der Waals surface area contributed by atoms with Crippen molar-refractivity contribution in [2.24, 2.45) is 0 Å². The third kappa shape index (κ3) is 3.31. The zero-order valence-electron chi connectivity index (χ0n) is 11.2. The molecule has 1 unspecified atom stereocenters. The Kier molecular flexibility index (Phi) is 4.14. The van der Waals surface area contributed by atoms with Gasteiger partial charge in [0.1, 0.15) is 6.04 Å². The summed E-state index contributed by atoms with van der Waals surface area (Å²) in [6.07, 6.45) is 0.724. The quantitative estimate of drug-likeness (QED) is 0.612. The number of rotatable bonds is 6. The molecule has 0 bridgehead atoms. The third-order valence-corrected chi connectivity index (χ3v) is 4.44. The van der Waals surface area contributed by atoms with Crippen LogP contribution in [0.4, 0.5) is 0 Å². The molecule has 0 amide bonds. The standard InChI is InChI=1S/C12H15N3O5S/c1-2-3-9(11(16)17)15-21(19,20)7-4-5-8-10(6-7)14-12(18)13-8/h4-6,9,15H,2-3H2,1H3,(H,16,17)(H2,13,14,18). The molecular weight excluding hydrogens is 298 g/mol. The maximum Gasteiger partial charge on any atom is 0.323 e. The van der Waals surface area contributed by atoms with E-state index in [4.69, 9.17) is 5.11 Å². The van der Waals surface area contributed by atoms with Gasteiger partial charge < -0.3 is 15.1 Å². The van der Waals surface area contributed by atoms with Crippen LogP contribution in [0.2, 0.25) is 0 Å². The lowest BCUT2D eigenvalue weighted by molar-refractivity contribution is -0.139. The Hall–Kier alpha value is -2.13. The van der Waals surface area contributed by atoms with E-state index < -0.39 is 27.7 Å². The Labute approximate surface area is 120 Å². The van der Waals surface area contributed by atoms with Gasteiger partial charge in [0.25, 0.3) is 0 Å². The highest BCUT2D eigenvalue weighted by Crippen LogP contribution is 2.16. The van der Waals surface area contributed by atoms with Gasteiger partial charge in [0, 0.05) is 0 Å². The summed E-state index contributed by atoms with van der Waals surface area (Å²) >= 11 is 0. The molecule has 0 fully saturated rings. The minimum Gasteiger partial charge on any atom is -0.480 e. The van der Waals surface area contributed by atoms with E-state index in [0.717, 1.165) is 0 Å². The summed E-state index contributed by atoms with van der Waals surface area (Å²) in [6.45, 7) is 1.76. The van der Waals surface area contributed by atoms with Gasteiger partial charge in [0.15, 0.2) is 0 Å². The fraction of sp³-hybridized carbons (Fsp3) is 0.333. The predicted octanol–water partition coefficient (Wildman–Crippen LogP) is 0.388. The van der Waals surface area contributed by atoms with E-state index in [1.807, 2.05) is 0 Å². The van der Waals surface area contributed by atoms with Crippen molar-refractivity contribution in [2.45, 2.75) is 30.7 Å². The van der Waals surface area contributed by atoms with Crippen molar-refractivity contribution in [3.05, 3.63) is 28.7 Å². The van der Waals surface area contributed by atoms with Crippen molar-refractivity contribution < 1.29 is 18.3 Å². The number of aliphatic carboxylic acids is 1. The van der Waals surface area contributed by atoms with Crippen LogP contribution in [-0.2, 0) is 14.8 Å². The molecule has 0 spiro atoms. The molecule has 1 atom stereocenters. The molecule has 0 saturated carbocycles. The van der Waals surface area contributed by atoms with E-state index in [-0.39, 0.29) is 11.3 Å². The minimum absolute atomic E-state index is 0.104. The molecule has 0 saturated heterocycles. The van der Waals surface area contributed by atoms with Crippen molar-refractivity contribution in [3.63, 3.8) is 0 Å². The summed E-state index contributed by atoms with van der Waals surface area (Å²) in [5.74, 6) is -1.23. The second-order valence-electron chi connectivity index (χ2n) is 4.59. The zero-order chi connectivity index (χ0) is 15.6. The smallest absolute Gasteiger partial charge is 0.323 e. The van der Waals surface area contributed by atoms with Gasteiger partial charge in [-0.05, 0) is 24.6 Å². The van der Waals surface area contributed by atoms with Crippen LogP contribution in [0.3, 0.4) is 0 Å². The number of benzene rings is 1. The SMILES string of the molecule is CCCC(NS(=O)(=O)c1ccc2[nH]c(=O)[nH]c2c1)C(=O)O. The average Bonchev–Trinajstić information content (AvgIpc) is 2.76. The lowest BCUT2D eigenvalue weighted by Crippen LogP contribution is -2.40. The highest BCUT2D eigenvalue weighted by molar-refractivity contribution is 7.89. The van der Waals surface area contributed by atoms with Crippen molar-refractivity contribution in [1.29, 1.82) is 0 Å². The summed E-state index contributed by atoms with van der Waals surface area (Å²) in [4.78, 5) is 27.0. The highest BCUT2D eigenvalue weighted by Gasteiger charge is 2.24. The van der Waals surface area contributed by atoms with Gasteiger partial charge in [-0.15, -0.1) is 0 Å². The van der Waals surface area contributed by atoms with Crippen LogP contribution in [0.5, 0.6) is 0 Å². The molecular formula is C12H15N3O5S. The molecule has 1 aromatic heterocycles. The Morgan fingerprint density at radius 2 is 2.00 bits per heavy atom. The van der Waals surface area contributed by atoms with Gasteiger partial charge in [-0.1, -0.05) is 13.3 Å². The molecule has 0 aliphatic carbocycles. The number of aromatic nitrogens is 2. The van der Waals surface area contributed by atoms with Crippen molar-refractivity contribution in [1.82, 2.24) is 14.7 Å². The van der Waals surface area contributed by atoms with Crippen LogP contribution >= 0.6 is 0 Å². The fourth-order valence-electron chi connectivity index (χ4n) is 1.96. The first-order valence-corrected chi connectivity index (χ1v) is 7.79. The molecule has 1 aromatic carbocycles. The molecule has 1 heterocycles. The summed E-state index contributed by atoms with van der Waals surface area (Å²) in [6, 6.07) is 2.85. The Morgan fingerprint density at radius 1 is 1.33 bits per heavy atom. The number of hydrogen-bond acceptors (Lipinski definition) is 4. The van der Waals surface area contributed by atoms with E-state index in [2.05, 4.69) is 14.7 Å². The summed E-state index contributed by atoms with van der Waals surface area (Å²) < 4.78 is 26.5. The van der Waals surface area contributed by atoms with Gasteiger partial charge in [-0.2, -0.15) is 4.72 Å². The number of carboxylic acid groups (broad SMARTS) is 1. The van der Waals surface area contributed by atoms with Crippen molar-refractivity contribution >= 4 is 27.0 Å². The van der Waals surface area contributed by atoms with E-state index in [1.165, 1.54) is 18.2 Å². The average molecular weight is 313 g/mol. The zero-order valence-corrected chi connectivity index (χ0v) is 12.0. The van der Waals surface area contributed by atoms with Crippen LogP contribution in [-0.4, -0.2) is 35.5 Å². The molecule has 2 rings (SSSR count). The number of imidazole rings is 1. The van der Waals surface area contributed by atoms with Gasteiger partial charge >= 0.3 is 11.7 Å². The first-order chi connectivity index (χ1) is 9.83. The van der Waals surface area contributed by atoms with E-state index in [1.54, 1.807) is 6.92 Å². The summed E-state index contributed by atoms with van der Waals surface area (Å²) in [5.41, 5.74) is 0.370. The van der Waals surface area contributed by atoms with Gasteiger partial charge in [-0.25, -0.2) is 13.2 Å². The Morgan fingerprint density at radius 3 is 2.62 bits per heavy atom. The number of carboxylic acids is 1. The van der Waals surface area contributed by atoms with Crippen molar-refractivity contribution in [3.8, 4) is 0 Å². The van der Waals surface area contributed by atoms with Crippen LogP contribution in [0, 0.1) is 0 Å². The maximum absolute atomic E-state index is 12.2. The highest BCUT2D eigenvalue weighted by atomic mass is 32.2. The molecule has 8 nitrogen and oxygen atoms in total. The van der Waals surface area contributed by atoms with Gasteiger partial charge in [-0.3, -0.25) is 4.79 Å². The maximum atomic E-state index is 12.2. The molecule has 4 N–H and O–H groups in total. The number of hydrogen-bond donors (Lipinski definition) is 4. The number of aromatic amines is 2. The number of H-pyrrole nitrogens is 2. The molecule has 0 radical (unpaired) electrons. The summed E-state index contributed by atoms with van der Waals surface area (Å²) in [5, 5.41) is 9.01. The van der Waals surface area contributed by atoms with Gasteiger partial charge in [0.05, 0.1) is 15.9 Å². The number of fused-ring (bicyclic) bond motifs is 1. The number of sulfonamides is 1. The normalized spacial score (nSPS) is 13.4. The lowest BCUT2D eigenvalue weighted by atomic mass is 10.2. The topological polar surface area (TPSA) is 132 Å². The Balaban J connectivity index is 2.36. The molecule has 0 aliphatic rings. The summed E-state index contributed by atoms with van der Waals surface area (Å²) in [7, 11) is -3.98. The van der Waals surface area contributed by atoms with Crippen LogP contribution in [0.25, 0.3) is 11.0 Å².